The van der Waals surface area contributed by atoms with Crippen molar-refractivity contribution in [3.05, 3.63) is 34.9 Å². The molecule has 0 aromatic heterocycles. The van der Waals surface area contributed by atoms with E-state index < -0.39 is 11.3 Å². The van der Waals surface area contributed by atoms with E-state index in [1.807, 2.05) is 33.0 Å². The molecule has 1 aliphatic heterocycles. The molecule has 1 N–H and O–H groups in total. The second-order valence-electron chi connectivity index (χ2n) is 4.98. The van der Waals surface area contributed by atoms with Crippen LogP contribution in [0.3, 0.4) is 0 Å². The number of benzene rings is 1. The summed E-state index contributed by atoms with van der Waals surface area (Å²) in [4.78, 5) is 2.09. The molecule has 0 saturated carbocycles. The first kappa shape index (κ1) is 12.8. The molecule has 1 aromatic rings. The maximum Gasteiger partial charge on any atom is 0.210 e. The Hall–Kier alpha value is -0.610. The maximum atomic E-state index is 10.8. The minimum Gasteiger partial charge on any atom is -0.360 e. The summed E-state index contributed by atoms with van der Waals surface area (Å²) < 4.78 is 5.65. The molecule has 0 aliphatic carbocycles. The van der Waals surface area contributed by atoms with Crippen LogP contribution in [0.2, 0.25) is 5.02 Å². The molecule has 1 atom stereocenters. The van der Waals surface area contributed by atoms with E-state index in [9.17, 15) is 5.11 Å². The first-order valence-corrected chi connectivity index (χ1v) is 6.09. The first-order valence-electron chi connectivity index (χ1n) is 5.71. The summed E-state index contributed by atoms with van der Waals surface area (Å²) in [6.45, 7) is 5.24. The molecule has 0 radical (unpaired) electrons. The molecule has 2 rings (SSSR count). The van der Waals surface area contributed by atoms with Crippen LogP contribution >= 0.6 is 11.6 Å². The Morgan fingerprint density at radius 2 is 2.12 bits per heavy atom. The van der Waals surface area contributed by atoms with Gasteiger partial charge in [0.2, 0.25) is 5.79 Å². The Kier molecular flexibility index (Phi) is 3.21. The quantitative estimate of drug-likeness (QED) is 0.835. The minimum absolute atomic E-state index is 0.503. The number of aliphatic hydroxyl groups is 1. The van der Waals surface area contributed by atoms with E-state index in [1.165, 1.54) is 0 Å². The molecule has 1 fully saturated rings. The van der Waals surface area contributed by atoms with Crippen LogP contribution in [0.4, 0.5) is 0 Å². The van der Waals surface area contributed by atoms with Crippen LogP contribution < -0.4 is 0 Å². The molecule has 0 spiro atoms. The number of rotatable bonds is 1. The molecule has 1 aromatic carbocycles. The summed E-state index contributed by atoms with van der Waals surface area (Å²) in [7, 11) is 1.98. The third-order valence-electron chi connectivity index (χ3n) is 3.74. The molecule has 1 heterocycles. The highest BCUT2D eigenvalue weighted by atomic mass is 35.5. The van der Waals surface area contributed by atoms with Gasteiger partial charge in [-0.1, -0.05) is 23.7 Å². The highest BCUT2D eigenvalue weighted by Gasteiger charge is 2.51. The van der Waals surface area contributed by atoms with Gasteiger partial charge in [0.1, 0.15) is 0 Å². The molecular weight excluding hydrogens is 238 g/mol. The number of hydrogen-bond donors (Lipinski definition) is 1. The minimum atomic E-state index is -1.33. The zero-order chi connectivity index (χ0) is 12.7. The van der Waals surface area contributed by atoms with Gasteiger partial charge in [0, 0.05) is 17.1 Å². The fraction of sp³-hybridized carbons (Fsp3) is 0.538. The molecule has 0 unspecified atom stereocenters. The van der Waals surface area contributed by atoms with Gasteiger partial charge in [-0.15, -0.1) is 0 Å². The van der Waals surface area contributed by atoms with Gasteiger partial charge in [0.15, 0.2) is 0 Å². The third-order valence-corrected chi connectivity index (χ3v) is 3.97. The van der Waals surface area contributed by atoms with Gasteiger partial charge < -0.3 is 9.84 Å². The molecule has 1 saturated heterocycles. The SMILES string of the molecule is CN1CCO[C@@](O)(c2cccc(Cl)c2)C1(C)C. The average Bonchev–Trinajstić information content (AvgIpc) is 2.26. The van der Waals surface area contributed by atoms with E-state index in [-0.39, 0.29) is 0 Å². The Balaban J connectivity index is 2.47. The fourth-order valence-corrected chi connectivity index (χ4v) is 2.37. The Morgan fingerprint density at radius 3 is 2.76 bits per heavy atom. The normalized spacial score (nSPS) is 29.2. The maximum absolute atomic E-state index is 10.8. The summed E-state index contributed by atoms with van der Waals surface area (Å²) in [5, 5.41) is 11.4. The molecular formula is C13H18ClNO2. The van der Waals surface area contributed by atoms with Crippen molar-refractivity contribution < 1.29 is 9.84 Å². The van der Waals surface area contributed by atoms with Crippen LogP contribution in [-0.4, -0.2) is 35.7 Å². The van der Waals surface area contributed by atoms with Gasteiger partial charge in [-0.2, -0.15) is 0 Å². The third kappa shape index (κ3) is 1.97. The van der Waals surface area contributed by atoms with E-state index in [0.29, 0.717) is 17.2 Å². The largest absolute Gasteiger partial charge is 0.360 e. The van der Waals surface area contributed by atoms with Crippen molar-refractivity contribution in [2.24, 2.45) is 0 Å². The number of ether oxygens (including phenoxy) is 1. The van der Waals surface area contributed by atoms with Crippen molar-refractivity contribution in [3.8, 4) is 0 Å². The second-order valence-corrected chi connectivity index (χ2v) is 5.42. The van der Waals surface area contributed by atoms with E-state index in [4.69, 9.17) is 16.3 Å². The van der Waals surface area contributed by atoms with E-state index in [0.717, 1.165) is 6.54 Å². The van der Waals surface area contributed by atoms with Gasteiger partial charge in [0.05, 0.1) is 12.1 Å². The lowest BCUT2D eigenvalue weighted by Gasteiger charge is -2.51. The molecule has 3 nitrogen and oxygen atoms in total. The Morgan fingerprint density at radius 1 is 1.41 bits per heavy atom. The average molecular weight is 256 g/mol. The standard InChI is InChI=1S/C13H18ClNO2/c1-12(2)13(16,17-8-7-15(12)3)10-5-4-6-11(14)9-10/h4-6,9,16H,7-8H2,1-3H3/t13-/m0/s1. The van der Waals surface area contributed by atoms with Crippen molar-refractivity contribution in [1.29, 1.82) is 0 Å². The molecule has 0 amide bonds. The lowest BCUT2D eigenvalue weighted by Crippen LogP contribution is -2.63. The topological polar surface area (TPSA) is 32.7 Å². The van der Waals surface area contributed by atoms with Crippen LogP contribution in [0.1, 0.15) is 19.4 Å². The van der Waals surface area contributed by atoms with Gasteiger partial charge in [-0.3, -0.25) is 4.90 Å². The summed E-state index contributed by atoms with van der Waals surface area (Å²) in [5.74, 6) is -1.33. The fourth-order valence-electron chi connectivity index (χ4n) is 2.18. The van der Waals surface area contributed by atoms with Gasteiger partial charge in [-0.05, 0) is 33.0 Å². The van der Waals surface area contributed by atoms with E-state index in [1.54, 1.807) is 12.1 Å². The van der Waals surface area contributed by atoms with Crippen LogP contribution in [0.25, 0.3) is 0 Å². The second kappa shape index (κ2) is 4.25. The number of nitrogens with zero attached hydrogens (tertiary/aromatic N) is 1. The Bertz CT molecular complexity index is 422. The molecule has 17 heavy (non-hydrogen) atoms. The first-order chi connectivity index (χ1) is 7.88. The van der Waals surface area contributed by atoms with Gasteiger partial charge in [0.25, 0.3) is 0 Å². The van der Waals surface area contributed by atoms with Gasteiger partial charge in [-0.25, -0.2) is 0 Å². The van der Waals surface area contributed by atoms with Crippen LogP contribution in [0.15, 0.2) is 24.3 Å². The van der Waals surface area contributed by atoms with Gasteiger partial charge >= 0.3 is 0 Å². The van der Waals surface area contributed by atoms with Crippen LogP contribution in [-0.2, 0) is 10.5 Å². The molecule has 1 aliphatic rings. The van der Waals surface area contributed by atoms with Crippen LogP contribution in [0, 0.1) is 0 Å². The molecule has 94 valence electrons. The lowest BCUT2D eigenvalue weighted by atomic mass is 9.84. The number of likely N-dealkylation sites (N-methyl/N-ethyl adjacent to an activating group) is 1. The number of halogens is 1. The number of morpholine rings is 1. The summed E-state index contributed by atoms with van der Waals surface area (Å²) in [6, 6.07) is 7.20. The molecule has 0 bridgehead atoms. The van der Waals surface area contributed by atoms with Crippen LogP contribution in [0.5, 0.6) is 0 Å². The predicted octanol–water partition coefficient (Wildman–Crippen LogP) is 2.23. The highest BCUT2D eigenvalue weighted by molar-refractivity contribution is 6.30. The monoisotopic (exact) mass is 255 g/mol. The van der Waals surface area contributed by atoms with Crippen molar-refractivity contribution in [3.63, 3.8) is 0 Å². The zero-order valence-corrected chi connectivity index (χ0v) is 11.2. The summed E-state index contributed by atoms with van der Waals surface area (Å²) >= 11 is 5.98. The van der Waals surface area contributed by atoms with E-state index in [2.05, 4.69) is 4.90 Å². The van der Waals surface area contributed by atoms with Crippen molar-refractivity contribution >= 4 is 11.6 Å². The van der Waals surface area contributed by atoms with Crippen molar-refractivity contribution in [2.45, 2.75) is 25.2 Å². The smallest absolute Gasteiger partial charge is 0.210 e. The van der Waals surface area contributed by atoms with E-state index >= 15 is 0 Å². The van der Waals surface area contributed by atoms with Crippen molar-refractivity contribution in [1.82, 2.24) is 4.90 Å². The molecule has 4 heteroatoms. The highest BCUT2D eigenvalue weighted by Crippen LogP contribution is 2.40. The summed E-state index contributed by atoms with van der Waals surface area (Å²) in [5.41, 5.74) is 0.192. The van der Waals surface area contributed by atoms with Crippen molar-refractivity contribution in [2.75, 3.05) is 20.2 Å². The summed E-state index contributed by atoms with van der Waals surface area (Å²) in [6.07, 6.45) is 0. The predicted molar refractivity (Wildman–Crippen MR) is 68.0 cm³/mol. The Labute approximate surface area is 107 Å². The lowest BCUT2D eigenvalue weighted by molar-refractivity contribution is -0.304. The zero-order valence-electron chi connectivity index (χ0n) is 10.4. The number of hydrogen-bond acceptors (Lipinski definition) is 3.